The highest BCUT2D eigenvalue weighted by molar-refractivity contribution is 5.27. The van der Waals surface area contributed by atoms with Crippen LogP contribution in [0.3, 0.4) is 0 Å². The quantitative estimate of drug-likeness (QED) is 0.161. The van der Waals surface area contributed by atoms with Gasteiger partial charge >= 0.3 is 0 Å². The van der Waals surface area contributed by atoms with Gasteiger partial charge in [0.05, 0.1) is 40.1 Å². The summed E-state index contributed by atoms with van der Waals surface area (Å²) >= 11 is 0. The zero-order valence-corrected chi connectivity index (χ0v) is 29.7. The third-order valence-corrected chi connectivity index (χ3v) is 8.74. The Bertz CT molecular complexity index is 1300. The van der Waals surface area contributed by atoms with Gasteiger partial charge in [0.15, 0.2) is 23.3 Å². The van der Waals surface area contributed by atoms with Gasteiger partial charge < -0.3 is 23.7 Å². The van der Waals surface area contributed by atoms with Crippen molar-refractivity contribution in [3.05, 3.63) is 53.1 Å². The molecule has 0 aliphatic carbocycles. The first-order chi connectivity index (χ1) is 22.9. The summed E-state index contributed by atoms with van der Waals surface area (Å²) in [7, 11) is 1.67. The lowest BCUT2D eigenvalue weighted by molar-refractivity contribution is -0.0220. The molecule has 0 amide bonds. The Morgan fingerprint density at radius 3 is 1.57 bits per heavy atom. The Morgan fingerprint density at radius 1 is 0.617 bits per heavy atom. The van der Waals surface area contributed by atoms with E-state index in [0.29, 0.717) is 44.6 Å². The summed E-state index contributed by atoms with van der Waals surface area (Å²) in [6.45, 7) is 13.2. The third kappa shape index (κ3) is 11.7. The molecule has 47 heavy (non-hydrogen) atoms. The fraction of sp³-hybridized carbons (Fsp3) is 0.722. The zero-order valence-electron chi connectivity index (χ0n) is 29.7. The molecule has 0 unspecified atom stereocenters. The molecule has 1 aliphatic heterocycles. The minimum atomic E-state index is -0.315. The van der Waals surface area contributed by atoms with E-state index >= 15 is 0 Å². The van der Waals surface area contributed by atoms with Crippen LogP contribution in [0.15, 0.2) is 24.3 Å². The van der Waals surface area contributed by atoms with Gasteiger partial charge in [0.1, 0.15) is 30.2 Å². The van der Waals surface area contributed by atoms with Crippen LogP contribution in [0.4, 0.5) is 0 Å². The highest BCUT2D eigenvalue weighted by Gasteiger charge is 2.24. The number of aryl methyl sites for hydroxylation is 1. The van der Waals surface area contributed by atoms with Crippen molar-refractivity contribution in [3.8, 4) is 5.75 Å². The summed E-state index contributed by atoms with van der Waals surface area (Å²) in [4.78, 5) is 9.75. The smallest absolute Gasteiger partial charge is 0.179 e. The highest BCUT2D eigenvalue weighted by Crippen LogP contribution is 2.24. The predicted octanol–water partition coefficient (Wildman–Crippen LogP) is 7.87. The fourth-order valence-corrected chi connectivity index (χ4v) is 5.82. The molecule has 1 aliphatic rings. The largest absolute Gasteiger partial charge is 0.497 e. The van der Waals surface area contributed by atoms with Crippen LogP contribution in [0.25, 0.3) is 0 Å². The second kappa shape index (κ2) is 19.8. The molecule has 1 aromatic carbocycles. The molecule has 0 N–H and O–H groups in total. The lowest BCUT2D eigenvalue weighted by Crippen LogP contribution is -2.16. The zero-order chi connectivity index (χ0) is 33.4. The Balaban J connectivity index is 1.37. The van der Waals surface area contributed by atoms with E-state index in [9.17, 15) is 0 Å². The predicted molar refractivity (Wildman–Crippen MR) is 181 cm³/mol. The Labute approximate surface area is 281 Å². The van der Waals surface area contributed by atoms with Gasteiger partial charge in [-0.05, 0) is 51.8 Å². The van der Waals surface area contributed by atoms with Crippen LogP contribution >= 0.6 is 0 Å². The van der Waals surface area contributed by atoms with Crippen molar-refractivity contribution in [2.45, 2.75) is 136 Å². The second-order valence-electron chi connectivity index (χ2n) is 12.6. The monoisotopic (exact) mass is 654 g/mol. The molecule has 4 bridgehead atoms. The van der Waals surface area contributed by atoms with E-state index < -0.39 is 0 Å². The number of unbranched alkanes of at least 4 members (excludes halogenated alkanes) is 9. The standard InChI is InChI=1S/C36H58N6O5/c1-7-8-9-10-11-12-13-14-15-16-21-41-35-29(4)46-24-25-47-30(5)36-38-34(28(3)45-23-22-44-27(2)33(37-35)39-41)40-42(36)26-31-17-19-32(43-6)20-18-31/h17-20,27-30H,7-16,21-26H2,1-6H3/t27-,28-,29-,30-/m0/s1. The highest BCUT2D eigenvalue weighted by atomic mass is 16.5. The van der Waals surface area contributed by atoms with Crippen molar-refractivity contribution < 1.29 is 23.7 Å². The van der Waals surface area contributed by atoms with Crippen LogP contribution in [0.5, 0.6) is 5.75 Å². The summed E-state index contributed by atoms with van der Waals surface area (Å²) in [6, 6.07) is 7.97. The van der Waals surface area contributed by atoms with Crippen LogP contribution < -0.4 is 4.74 Å². The van der Waals surface area contributed by atoms with Crippen molar-refractivity contribution in [3.63, 3.8) is 0 Å². The number of hydrogen-bond donors (Lipinski definition) is 0. The molecule has 262 valence electrons. The van der Waals surface area contributed by atoms with Crippen molar-refractivity contribution in [2.75, 3.05) is 33.5 Å². The molecular weight excluding hydrogens is 596 g/mol. The number of methoxy groups -OCH3 is 1. The fourth-order valence-electron chi connectivity index (χ4n) is 5.82. The van der Waals surface area contributed by atoms with Gasteiger partial charge in [0.25, 0.3) is 0 Å². The number of ether oxygens (including phenoxy) is 5. The molecule has 0 saturated heterocycles. The molecule has 11 heteroatoms. The van der Waals surface area contributed by atoms with Crippen molar-refractivity contribution in [2.24, 2.45) is 0 Å². The van der Waals surface area contributed by atoms with E-state index in [2.05, 4.69) is 6.92 Å². The van der Waals surface area contributed by atoms with Crippen LogP contribution in [0.1, 0.15) is 152 Å². The van der Waals surface area contributed by atoms with E-state index in [1.54, 1.807) is 7.11 Å². The Kier molecular flexibility index (Phi) is 15.6. The summed E-state index contributed by atoms with van der Waals surface area (Å²) in [5.74, 6) is 3.67. The minimum Gasteiger partial charge on any atom is -0.497 e. The molecule has 0 spiro atoms. The lowest BCUT2D eigenvalue weighted by atomic mass is 10.1. The number of rotatable bonds is 14. The van der Waals surface area contributed by atoms with Gasteiger partial charge in [-0.3, -0.25) is 0 Å². The molecule has 4 atom stereocenters. The number of nitrogens with zero attached hydrogens (tertiary/aromatic N) is 6. The van der Waals surface area contributed by atoms with Gasteiger partial charge in [-0.15, -0.1) is 0 Å². The number of aromatic nitrogens is 6. The van der Waals surface area contributed by atoms with E-state index in [1.807, 2.05) is 61.3 Å². The average molecular weight is 655 g/mol. The van der Waals surface area contributed by atoms with Crippen LogP contribution in [0, 0.1) is 0 Å². The maximum absolute atomic E-state index is 6.25. The van der Waals surface area contributed by atoms with Gasteiger partial charge in [0, 0.05) is 6.54 Å². The maximum atomic E-state index is 6.25. The van der Waals surface area contributed by atoms with Gasteiger partial charge in [0.2, 0.25) is 0 Å². The third-order valence-electron chi connectivity index (χ3n) is 8.74. The van der Waals surface area contributed by atoms with E-state index in [4.69, 9.17) is 43.8 Å². The summed E-state index contributed by atoms with van der Waals surface area (Å²) < 4.78 is 34.0. The minimum absolute atomic E-state index is 0.237. The first kappa shape index (κ1) is 37.0. The Hall–Kier alpha value is -2.86. The molecule has 0 saturated carbocycles. The SMILES string of the molecule is CCCCCCCCCCCCn1nc2nc1[C@H](C)OCCO[C@@H](C)c1nc(nn1Cc1ccc(OC)cc1)[C@H](C)OCCO[C@H]2C. The van der Waals surface area contributed by atoms with E-state index in [-0.39, 0.29) is 24.4 Å². The summed E-state index contributed by atoms with van der Waals surface area (Å²) in [5, 5.41) is 9.68. The van der Waals surface area contributed by atoms with Crippen LogP contribution in [-0.4, -0.2) is 63.1 Å². The normalized spacial score (nSPS) is 21.3. The van der Waals surface area contributed by atoms with Crippen molar-refractivity contribution in [1.29, 1.82) is 0 Å². The second-order valence-corrected chi connectivity index (χ2v) is 12.6. The first-order valence-corrected chi connectivity index (χ1v) is 17.9. The van der Waals surface area contributed by atoms with Gasteiger partial charge in [-0.25, -0.2) is 19.3 Å². The van der Waals surface area contributed by atoms with Crippen molar-refractivity contribution in [1.82, 2.24) is 29.5 Å². The number of fused-ring (bicyclic) bond motifs is 4. The molecule has 0 radical (unpaired) electrons. The van der Waals surface area contributed by atoms with Crippen LogP contribution in [-0.2, 0) is 32.0 Å². The molecular formula is C36H58N6O5. The Morgan fingerprint density at radius 2 is 1.06 bits per heavy atom. The maximum Gasteiger partial charge on any atom is 0.179 e. The van der Waals surface area contributed by atoms with Gasteiger partial charge in [-0.1, -0.05) is 76.8 Å². The number of hydrogen-bond acceptors (Lipinski definition) is 9. The number of benzene rings is 1. The van der Waals surface area contributed by atoms with Crippen molar-refractivity contribution >= 4 is 0 Å². The molecule has 0 fully saturated rings. The first-order valence-electron chi connectivity index (χ1n) is 17.9. The van der Waals surface area contributed by atoms with E-state index in [1.165, 1.54) is 57.8 Å². The molecule has 2 aromatic heterocycles. The van der Waals surface area contributed by atoms with Crippen LogP contribution in [0.2, 0.25) is 0 Å². The molecule has 3 heterocycles. The van der Waals surface area contributed by atoms with Gasteiger partial charge in [-0.2, -0.15) is 10.2 Å². The topological polar surface area (TPSA) is 108 Å². The molecule has 3 aromatic rings. The summed E-state index contributed by atoms with van der Waals surface area (Å²) in [5.41, 5.74) is 1.09. The average Bonchev–Trinajstić information content (AvgIpc) is 3.70. The summed E-state index contributed by atoms with van der Waals surface area (Å²) in [6.07, 6.45) is 11.8. The molecule has 4 rings (SSSR count). The molecule has 11 nitrogen and oxygen atoms in total. The van der Waals surface area contributed by atoms with E-state index in [0.717, 1.165) is 35.9 Å². The lowest BCUT2D eigenvalue weighted by Gasteiger charge is -2.17.